The summed E-state index contributed by atoms with van der Waals surface area (Å²) in [5, 5.41) is 9.45. The molecule has 1 fully saturated rings. The van der Waals surface area contributed by atoms with Crippen molar-refractivity contribution in [3.63, 3.8) is 0 Å². The standard InChI is InChI=1S/C10H20O3/c1-3-4-5-12-10-7-9(11)6-8(2)13-10/h8-11H,3-7H2,1-2H3. The van der Waals surface area contributed by atoms with Crippen LogP contribution in [-0.2, 0) is 9.47 Å². The molecule has 0 aromatic heterocycles. The minimum absolute atomic E-state index is 0.121. The number of unbranched alkanes of at least 4 members (excludes halogenated alkanes) is 1. The molecule has 0 saturated carbocycles. The fourth-order valence-electron chi connectivity index (χ4n) is 1.54. The van der Waals surface area contributed by atoms with Gasteiger partial charge in [0.05, 0.1) is 12.2 Å². The van der Waals surface area contributed by atoms with Gasteiger partial charge in [-0.2, -0.15) is 0 Å². The Labute approximate surface area is 80.0 Å². The van der Waals surface area contributed by atoms with E-state index in [9.17, 15) is 5.11 Å². The normalized spacial score (nSPS) is 34.8. The van der Waals surface area contributed by atoms with Crippen LogP contribution in [0.3, 0.4) is 0 Å². The molecule has 3 nitrogen and oxygen atoms in total. The number of rotatable bonds is 4. The summed E-state index contributed by atoms with van der Waals surface area (Å²) in [5.41, 5.74) is 0. The van der Waals surface area contributed by atoms with Gasteiger partial charge in [-0.1, -0.05) is 13.3 Å². The maximum absolute atomic E-state index is 9.45. The zero-order valence-electron chi connectivity index (χ0n) is 8.53. The summed E-state index contributed by atoms with van der Waals surface area (Å²) in [4.78, 5) is 0. The molecule has 1 rings (SSSR count). The Bertz CT molecular complexity index is 128. The SMILES string of the molecule is CCCCOC1CC(O)CC(C)O1. The molecule has 0 amide bonds. The van der Waals surface area contributed by atoms with E-state index in [1.54, 1.807) is 0 Å². The second-order valence-electron chi connectivity index (χ2n) is 3.73. The highest BCUT2D eigenvalue weighted by Crippen LogP contribution is 2.20. The maximum Gasteiger partial charge on any atom is 0.160 e. The van der Waals surface area contributed by atoms with Crippen LogP contribution >= 0.6 is 0 Å². The predicted molar refractivity (Wildman–Crippen MR) is 50.4 cm³/mol. The van der Waals surface area contributed by atoms with Crippen molar-refractivity contribution in [2.24, 2.45) is 0 Å². The molecule has 0 aromatic carbocycles. The Balaban J connectivity index is 2.17. The van der Waals surface area contributed by atoms with E-state index in [4.69, 9.17) is 9.47 Å². The Morgan fingerprint density at radius 2 is 2.23 bits per heavy atom. The summed E-state index contributed by atoms with van der Waals surface area (Å²) in [6, 6.07) is 0. The third-order valence-corrected chi connectivity index (χ3v) is 2.25. The van der Waals surface area contributed by atoms with E-state index in [0.717, 1.165) is 25.9 Å². The van der Waals surface area contributed by atoms with E-state index in [1.165, 1.54) is 0 Å². The van der Waals surface area contributed by atoms with Crippen molar-refractivity contribution in [2.45, 2.75) is 58.0 Å². The number of aliphatic hydroxyl groups excluding tert-OH is 1. The first-order valence-electron chi connectivity index (χ1n) is 5.17. The fraction of sp³-hybridized carbons (Fsp3) is 1.00. The van der Waals surface area contributed by atoms with Crippen LogP contribution < -0.4 is 0 Å². The van der Waals surface area contributed by atoms with Gasteiger partial charge in [0.15, 0.2) is 6.29 Å². The van der Waals surface area contributed by atoms with Crippen molar-refractivity contribution < 1.29 is 14.6 Å². The van der Waals surface area contributed by atoms with E-state index in [1.807, 2.05) is 6.92 Å². The summed E-state index contributed by atoms with van der Waals surface area (Å²) in [7, 11) is 0. The molecule has 13 heavy (non-hydrogen) atoms. The van der Waals surface area contributed by atoms with Crippen LogP contribution in [0.25, 0.3) is 0 Å². The quantitative estimate of drug-likeness (QED) is 0.682. The average molecular weight is 188 g/mol. The maximum atomic E-state index is 9.45. The Kier molecular flexibility index (Phi) is 4.70. The molecular weight excluding hydrogens is 168 g/mol. The second-order valence-corrected chi connectivity index (χ2v) is 3.73. The van der Waals surface area contributed by atoms with Crippen molar-refractivity contribution in [3.8, 4) is 0 Å². The average Bonchev–Trinajstić information content (AvgIpc) is 2.03. The number of hydrogen-bond acceptors (Lipinski definition) is 3. The Morgan fingerprint density at radius 3 is 2.85 bits per heavy atom. The van der Waals surface area contributed by atoms with Gasteiger partial charge in [0.25, 0.3) is 0 Å². The van der Waals surface area contributed by atoms with Gasteiger partial charge in [-0.15, -0.1) is 0 Å². The number of ether oxygens (including phenoxy) is 2. The number of aliphatic hydroxyl groups is 1. The largest absolute Gasteiger partial charge is 0.393 e. The van der Waals surface area contributed by atoms with Gasteiger partial charge >= 0.3 is 0 Å². The van der Waals surface area contributed by atoms with Crippen LogP contribution in [0.2, 0.25) is 0 Å². The van der Waals surface area contributed by atoms with Gasteiger partial charge in [0.2, 0.25) is 0 Å². The summed E-state index contributed by atoms with van der Waals surface area (Å²) < 4.78 is 11.0. The molecule has 0 spiro atoms. The molecule has 1 saturated heterocycles. The van der Waals surface area contributed by atoms with Crippen LogP contribution in [0.5, 0.6) is 0 Å². The third-order valence-electron chi connectivity index (χ3n) is 2.25. The highest BCUT2D eigenvalue weighted by atomic mass is 16.7. The first-order chi connectivity index (χ1) is 6.22. The van der Waals surface area contributed by atoms with Crippen LogP contribution in [0.1, 0.15) is 39.5 Å². The predicted octanol–water partition coefficient (Wildman–Crippen LogP) is 1.69. The van der Waals surface area contributed by atoms with Crippen molar-refractivity contribution in [1.29, 1.82) is 0 Å². The van der Waals surface area contributed by atoms with E-state index < -0.39 is 0 Å². The second kappa shape index (κ2) is 5.58. The van der Waals surface area contributed by atoms with Gasteiger partial charge in [-0.25, -0.2) is 0 Å². The first kappa shape index (κ1) is 11.0. The smallest absolute Gasteiger partial charge is 0.160 e. The monoisotopic (exact) mass is 188 g/mol. The van der Waals surface area contributed by atoms with Crippen molar-refractivity contribution in [1.82, 2.24) is 0 Å². The summed E-state index contributed by atoms with van der Waals surface area (Å²) in [5.74, 6) is 0. The van der Waals surface area contributed by atoms with Gasteiger partial charge < -0.3 is 14.6 Å². The van der Waals surface area contributed by atoms with Crippen LogP contribution in [0.15, 0.2) is 0 Å². The molecule has 1 aliphatic rings. The highest BCUT2D eigenvalue weighted by Gasteiger charge is 2.25. The fourth-order valence-corrected chi connectivity index (χ4v) is 1.54. The molecule has 3 heteroatoms. The van der Waals surface area contributed by atoms with E-state index in [0.29, 0.717) is 6.42 Å². The summed E-state index contributed by atoms with van der Waals surface area (Å²) in [6.07, 6.45) is 3.22. The minimum atomic E-state index is -0.254. The molecule has 0 aliphatic carbocycles. The molecule has 1 N–H and O–H groups in total. The number of hydrogen-bond donors (Lipinski definition) is 1. The molecule has 3 unspecified atom stereocenters. The molecule has 0 radical (unpaired) electrons. The zero-order valence-corrected chi connectivity index (χ0v) is 8.53. The first-order valence-corrected chi connectivity index (χ1v) is 5.17. The Hall–Kier alpha value is -0.120. The van der Waals surface area contributed by atoms with Gasteiger partial charge in [-0.05, 0) is 19.8 Å². The van der Waals surface area contributed by atoms with Crippen LogP contribution in [-0.4, -0.2) is 30.2 Å². The lowest BCUT2D eigenvalue weighted by Crippen LogP contribution is -2.35. The molecule has 1 heterocycles. The van der Waals surface area contributed by atoms with Gasteiger partial charge in [-0.3, -0.25) is 0 Å². The lowest BCUT2D eigenvalue weighted by atomic mass is 10.1. The molecular formula is C10H20O3. The molecule has 3 atom stereocenters. The van der Waals surface area contributed by atoms with Crippen molar-refractivity contribution >= 4 is 0 Å². The molecule has 0 aromatic rings. The van der Waals surface area contributed by atoms with Gasteiger partial charge in [0, 0.05) is 13.0 Å². The summed E-state index contributed by atoms with van der Waals surface area (Å²) >= 11 is 0. The van der Waals surface area contributed by atoms with Crippen molar-refractivity contribution in [2.75, 3.05) is 6.61 Å². The van der Waals surface area contributed by atoms with Gasteiger partial charge in [0.1, 0.15) is 0 Å². The van der Waals surface area contributed by atoms with Crippen LogP contribution in [0, 0.1) is 0 Å². The van der Waals surface area contributed by atoms with E-state index in [-0.39, 0.29) is 18.5 Å². The van der Waals surface area contributed by atoms with E-state index >= 15 is 0 Å². The zero-order chi connectivity index (χ0) is 9.68. The van der Waals surface area contributed by atoms with E-state index in [2.05, 4.69) is 6.92 Å². The Morgan fingerprint density at radius 1 is 1.46 bits per heavy atom. The molecule has 0 bridgehead atoms. The van der Waals surface area contributed by atoms with Crippen molar-refractivity contribution in [3.05, 3.63) is 0 Å². The minimum Gasteiger partial charge on any atom is -0.393 e. The topological polar surface area (TPSA) is 38.7 Å². The lowest BCUT2D eigenvalue weighted by Gasteiger charge is -2.31. The lowest BCUT2D eigenvalue weighted by molar-refractivity contribution is -0.210. The molecule has 78 valence electrons. The molecule has 1 aliphatic heterocycles. The third kappa shape index (κ3) is 4.07. The summed E-state index contributed by atoms with van der Waals surface area (Å²) in [6.45, 7) is 4.84. The van der Waals surface area contributed by atoms with Crippen LogP contribution in [0.4, 0.5) is 0 Å². The highest BCUT2D eigenvalue weighted by molar-refractivity contribution is 4.69.